The summed E-state index contributed by atoms with van der Waals surface area (Å²) in [5, 5.41) is 0. The van der Waals surface area contributed by atoms with E-state index in [1.165, 1.54) is 0 Å². The van der Waals surface area contributed by atoms with Crippen molar-refractivity contribution in [2.24, 2.45) is 11.3 Å². The van der Waals surface area contributed by atoms with Crippen molar-refractivity contribution in [3.8, 4) is 0 Å². The Morgan fingerprint density at radius 2 is 1.73 bits per heavy atom. The highest BCUT2D eigenvalue weighted by Gasteiger charge is 2.55. The summed E-state index contributed by atoms with van der Waals surface area (Å²) in [7, 11) is 0. The van der Waals surface area contributed by atoms with Crippen LogP contribution in [-0.4, -0.2) is 25.8 Å². The number of esters is 1. The molecule has 0 radical (unpaired) electrons. The molecule has 1 heterocycles. The lowest BCUT2D eigenvalue weighted by molar-refractivity contribution is -0.147. The van der Waals surface area contributed by atoms with Gasteiger partial charge < -0.3 is 14.2 Å². The summed E-state index contributed by atoms with van der Waals surface area (Å²) in [6.07, 6.45) is 4.78. The van der Waals surface area contributed by atoms with Crippen molar-refractivity contribution in [1.82, 2.24) is 0 Å². The van der Waals surface area contributed by atoms with Crippen LogP contribution >= 0.6 is 0 Å². The highest BCUT2D eigenvalue weighted by molar-refractivity contribution is 5.76. The maximum atomic E-state index is 12.2. The first-order chi connectivity index (χ1) is 10.7. The first-order valence-electron chi connectivity index (χ1n) is 7.73. The molecule has 4 nitrogen and oxygen atoms in total. The lowest BCUT2D eigenvalue weighted by Gasteiger charge is -2.12. The van der Waals surface area contributed by atoms with Gasteiger partial charge in [-0.05, 0) is 17.5 Å². The van der Waals surface area contributed by atoms with E-state index < -0.39 is 0 Å². The van der Waals surface area contributed by atoms with E-state index in [1.54, 1.807) is 0 Å². The van der Waals surface area contributed by atoms with Gasteiger partial charge in [-0.15, -0.1) is 0 Å². The fourth-order valence-electron chi connectivity index (χ4n) is 2.76. The van der Waals surface area contributed by atoms with Crippen molar-refractivity contribution in [2.45, 2.75) is 26.6 Å². The molecule has 1 aliphatic heterocycles. The standard InChI is InChI=1S/C18H22O4/c1-18-10-16(18)17(19)22-12-15-7-3-2-6-14(15)11-20-8-4-5-9-21-13-18/h2-7,16H,8-13H2,1H3/b5-4-. The molecule has 0 spiro atoms. The molecule has 3 rings (SSSR count). The molecule has 1 aliphatic carbocycles. The third kappa shape index (κ3) is 3.57. The summed E-state index contributed by atoms with van der Waals surface area (Å²) in [5.41, 5.74) is 2.00. The largest absolute Gasteiger partial charge is 0.461 e. The van der Waals surface area contributed by atoms with Crippen LogP contribution in [-0.2, 0) is 32.2 Å². The molecule has 4 heteroatoms. The summed E-state index contributed by atoms with van der Waals surface area (Å²) >= 11 is 0. The Labute approximate surface area is 131 Å². The predicted molar refractivity (Wildman–Crippen MR) is 82.1 cm³/mol. The highest BCUT2D eigenvalue weighted by Crippen LogP contribution is 2.53. The molecule has 2 aliphatic rings. The number of cyclic esters (lactones) is 1. The van der Waals surface area contributed by atoms with Gasteiger partial charge in [-0.25, -0.2) is 0 Å². The number of hydrogen-bond acceptors (Lipinski definition) is 4. The van der Waals surface area contributed by atoms with E-state index in [2.05, 4.69) is 6.92 Å². The van der Waals surface area contributed by atoms with Gasteiger partial charge in [-0.3, -0.25) is 4.79 Å². The summed E-state index contributed by atoms with van der Waals surface area (Å²) in [6, 6.07) is 7.92. The molecular formula is C18H22O4. The van der Waals surface area contributed by atoms with Crippen LogP contribution in [0.3, 0.4) is 0 Å². The summed E-state index contributed by atoms with van der Waals surface area (Å²) in [4.78, 5) is 12.2. The van der Waals surface area contributed by atoms with E-state index >= 15 is 0 Å². The van der Waals surface area contributed by atoms with Crippen molar-refractivity contribution in [2.75, 3.05) is 19.8 Å². The van der Waals surface area contributed by atoms with Crippen molar-refractivity contribution in [3.05, 3.63) is 47.5 Å². The Bertz CT molecular complexity index is 566. The molecular weight excluding hydrogens is 280 g/mol. The zero-order chi connectivity index (χ0) is 15.4. The van der Waals surface area contributed by atoms with Crippen LogP contribution in [0.5, 0.6) is 0 Å². The van der Waals surface area contributed by atoms with Crippen molar-refractivity contribution >= 4 is 5.97 Å². The van der Waals surface area contributed by atoms with Crippen LogP contribution < -0.4 is 0 Å². The molecule has 2 atom stereocenters. The van der Waals surface area contributed by atoms with Crippen LogP contribution in [0, 0.1) is 11.3 Å². The fourth-order valence-corrected chi connectivity index (χ4v) is 2.76. The Morgan fingerprint density at radius 1 is 1.05 bits per heavy atom. The number of rotatable bonds is 0. The second-order valence-electron chi connectivity index (χ2n) is 6.29. The third-order valence-electron chi connectivity index (χ3n) is 4.41. The monoisotopic (exact) mass is 302 g/mol. The maximum absolute atomic E-state index is 12.2. The minimum atomic E-state index is -0.118. The van der Waals surface area contributed by atoms with Gasteiger partial charge in [-0.2, -0.15) is 0 Å². The maximum Gasteiger partial charge on any atom is 0.309 e. The Morgan fingerprint density at radius 3 is 2.50 bits per heavy atom. The predicted octanol–water partition coefficient (Wildman–Crippen LogP) is 2.86. The van der Waals surface area contributed by atoms with Gasteiger partial charge in [0.1, 0.15) is 6.61 Å². The molecule has 0 N–H and O–H groups in total. The normalized spacial score (nSPS) is 31.0. The second-order valence-corrected chi connectivity index (χ2v) is 6.29. The van der Waals surface area contributed by atoms with E-state index in [1.807, 2.05) is 36.4 Å². The van der Waals surface area contributed by atoms with Gasteiger partial charge in [0.05, 0.1) is 32.3 Å². The molecule has 1 aromatic carbocycles. The van der Waals surface area contributed by atoms with Crippen molar-refractivity contribution in [1.29, 1.82) is 0 Å². The van der Waals surface area contributed by atoms with Crippen molar-refractivity contribution in [3.63, 3.8) is 0 Å². The Balaban J connectivity index is 1.71. The molecule has 118 valence electrons. The average Bonchev–Trinajstić information content (AvgIpc) is 3.20. The molecule has 0 bridgehead atoms. The first-order valence-corrected chi connectivity index (χ1v) is 7.73. The zero-order valence-corrected chi connectivity index (χ0v) is 12.9. The molecule has 0 amide bonds. The van der Waals surface area contributed by atoms with E-state index in [4.69, 9.17) is 14.2 Å². The van der Waals surface area contributed by atoms with Crippen LogP contribution in [0.1, 0.15) is 24.5 Å². The van der Waals surface area contributed by atoms with Gasteiger partial charge in [0, 0.05) is 5.41 Å². The summed E-state index contributed by atoms with van der Waals surface area (Å²) < 4.78 is 16.8. The average molecular weight is 302 g/mol. The lowest BCUT2D eigenvalue weighted by atomic mass is 10.1. The molecule has 1 saturated carbocycles. The van der Waals surface area contributed by atoms with E-state index in [0.717, 1.165) is 17.5 Å². The quantitative estimate of drug-likeness (QED) is 0.546. The Kier molecular flexibility index (Phi) is 4.60. The molecule has 22 heavy (non-hydrogen) atoms. The summed E-state index contributed by atoms with van der Waals surface area (Å²) in [6.45, 7) is 4.60. The van der Waals surface area contributed by atoms with E-state index in [-0.39, 0.29) is 17.3 Å². The number of carbonyl (C=O) groups excluding carboxylic acids is 1. The number of carbonyl (C=O) groups is 1. The van der Waals surface area contributed by atoms with E-state index in [0.29, 0.717) is 33.0 Å². The molecule has 0 saturated heterocycles. The zero-order valence-electron chi connectivity index (χ0n) is 12.9. The summed E-state index contributed by atoms with van der Waals surface area (Å²) in [5.74, 6) is -0.155. The van der Waals surface area contributed by atoms with E-state index in [9.17, 15) is 4.79 Å². The van der Waals surface area contributed by atoms with Crippen LogP contribution in [0.15, 0.2) is 36.4 Å². The Hall–Kier alpha value is -1.65. The topological polar surface area (TPSA) is 44.8 Å². The molecule has 2 unspecified atom stereocenters. The smallest absolute Gasteiger partial charge is 0.309 e. The van der Waals surface area contributed by atoms with Crippen molar-refractivity contribution < 1.29 is 19.0 Å². The fraction of sp³-hybridized carbons (Fsp3) is 0.500. The number of fused-ring (bicyclic) bond motifs is 2. The molecule has 0 aromatic heterocycles. The minimum Gasteiger partial charge on any atom is -0.461 e. The molecule has 1 aromatic rings. The van der Waals surface area contributed by atoms with Crippen LogP contribution in [0.4, 0.5) is 0 Å². The highest BCUT2D eigenvalue weighted by atomic mass is 16.5. The second kappa shape index (κ2) is 6.63. The first kappa shape index (κ1) is 15.3. The minimum absolute atomic E-state index is 0.0370. The number of ether oxygens (including phenoxy) is 3. The van der Waals surface area contributed by atoms with Gasteiger partial charge in [-0.1, -0.05) is 43.3 Å². The number of benzene rings is 1. The van der Waals surface area contributed by atoms with Gasteiger partial charge in [0.2, 0.25) is 0 Å². The van der Waals surface area contributed by atoms with Gasteiger partial charge in [0.25, 0.3) is 0 Å². The van der Waals surface area contributed by atoms with Crippen LogP contribution in [0.25, 0.3) is 0 Å². The lowest BCUT2D eigenvalue weighted by Crippen LogP contribution is -2.16. The van der Waals surface area contributed by atoms with Gasteiger partial charge >= 0.3 is 5.97 Å². The van der Waals surface area contributed by atoms with Crippen LogP contribution in [0.2, 0.25) is 0 Å². The van der Waals surface area contributed by atoms with Gasteiger partial charge in [0.15, 0.2) is 0 Å². The SMILES string of the molecule is CC12COC/C=C\COCc3ccccc3COC(=O)C1C2. The number of hydrogen-bond donors (Lipinski definition) is 0. The third-order valence-corrected chi connectivity index (χ3v) is 4.41. The molecule has 1 fully saturated rings.